The second-order valence-electron chi connectivity index (χ2n) is 5.39. The van der Waals surface area contributed by atoms with Crippen LogP contribution < -0.4 is 15.4 Å². The maximum absolute atomic E-state index is 5.78. The Hall–Kier alpha value is -3.09. The topological polar surface area (TPSA) is 85.1 Å². The van der Waals surface area contributed by atoms with Crippen LogP contribution in [0.1, 0.15) is 19.6 Å². The zero-order valence-electron chi connectivity index (χ0n) is 13.6. The maximum atomic E-state index is 5.78. The van der Waals surface area contributed by atoms with Crippen molar-refractivity contribution < 1.29 is 9.15 Å². The average molecular weight is 325 g/mol. The number of rotatable bonds is 7. The standard InChI is InChI=1S/C17H19N5O2/c1-12(2)24-15-8-4-3-7-14(15)20-17-21-16(11-19-22-17)18-10-13-6-5-9-23-13/h3-9,11-12H,10H2,1-2H3,(H2,18,20,21,22). The molecular weight excluding hydrogens is 306 g/mol. The normalized spacial score (nSPS) is 10.6. The van der Waals surface area contributed by atoms with Gasteiger partial charge < -0.3 is 19.8 Å². The van der Waals surface area contributed by atoms with Crippen molar-refractivity contribution in [1.82, 2.24) is 15.2 Å². The smallest absolute Gasteiger partial charge is 0.249 e. The second-order valence-corrected chi connectivity index (χ2v) is 5.39. The molecule has 2 N–H and O–H groups in total. The Morgan fingerprint density at radius 1 is 1.17 bits per heavy atom. The minimum atomic E-state index is 0.0771. The largest absolute Gasteiger partial charge is 0.489 e. The molecule has 7 nitrogen and oxygen atoms in total. The number of benzene rings is 1. The van der Waals surface area contributed by atoms with Gasteiger partial charge in [-0.1, -0.05) is 12.1 Å². The van der Waals surface area contributed by atoms with E-state index in [1.807, 2.05) is 50.2 Å². The Kier molecular flexibility index (Phi) is 4.90. The second kappa shape index (κ2) is 7.45. The minimum absolute atomic E-state index is 0.0771. The van der Waals surface area contributed by atoms with Gasteiger partial charge in [0.1, 0.15) is 11.5 Å². The van der Waals surface area contributed by atoms with Crippen LogP contribution in [0.2, 0.25) is 0 Å². The summed E-state index contributed by atoms with van der Waals surface area (Å²) in [6, 6.07) is 11.4. The summed E-state index contributed by atoms with van der Waals surface area (Å²) in [5.74, 6) is 2.55. The zero-order valence-corrected chi connectivity index (χ0v) is 13.6. The summed E-state index contributed by atoms with van der Waals surface area (Å²) < 4.78 is 11.1. The number of hydrogen-bond acceptors (Lipinski definition) is 7. The van der Waals surface area contributed by atoms with Gasteiger partial charge in [-0.25, -0.2) is 0 Å². The molecule has 0 saturated heterocycles. The molecule has 1 aromatic carbocycles. The van der Waals surface area contributed by atoms with E-state index < -0.39 is 0 Å². The number of furan rings is 1. The van der Waals surface area contributed by atoms with Crippen molar-refractivity contribution in [2.45, 2.75) is 26.5 Å². The molecule has 2 heterocycles. The van der Waals surface area contributed by atoms with Crippen molar-refractivity contribution in [3.8, 4) is 5.75 Å². The summed E-state index contributed by atoms with van der Waals surface area (Å²) in [5.41, 5.74) is 0.788. The highest BCUT2D eigenvalue weighted by Gasteiger charge is 2.08. The minimum Gasteiger partial charge on any atom is -0.489 e. The zero-order chi connectivity index (χ0) is 16.8. The first-order chi connectivity index (χ1) is 11.7. The van der Waals surface area contributed by atoms with E-state index in [0.717, 1.165) is 17.2 Å². The third-order valence-corrected chi connectivity index (χ3v) is 3.08. The van der Waals surface area contributed by atoms with E-state index in [2.05, 4.69) is 25.8 Å². The number of anilines is 3. The number of para-hydroxylation sites is 2. The molecule has 2 aromatic heterocycles. The molecular formula is C17H19N5O2. The molecule has 0 atom stereocenters. The van der Waals surface area contributed by atoms with Crippen LogP contribution in [-0.4, -0.2) is 21.3 Å². The van der Waals surface area contributed by atoms with E-state index in [4.69, 9.17) is 9.15 Å². The van der Waals surface area contributed by atoms with Gasteiger partial charge in [-0.2, -0.15) is 10.1 Å². The molecule has 0 radical (unpaired) electrons. The van der Waals surface area contributed by atoms with Crippen LogP contribution in [0.15, 0.2) is 53.3 Å². The third-order valence-electron chi connectivity index (χ3n) is 3.08. The van der Waals surface area contributed by atoms with Crippen molar-refractivity contribution in [3.05, 3.63) is 54.6 Å². The monoisotopic (exact) mass is 325 g/mol. The van der Waals surface area contributed by atoms with Crippen LogP contribution in [0.25, 0.3) is 0 Å². The van der Waals surface area contributed by atoms with Gasteiger partial charge in [0.05, 0.1) is 30.8 Å². The van der Waals surface area contributed by atoms with Crippen LogP contribution in [0.3, 0.4) is 0 Å². The molecule has 24 heavy (non-hydrogen) atoms. The highest BCUT2D eigenvalue weighted by molar-refractivity contribution is 5.62. The Morgan fingerprint density at radius 2 is 2.04 bits per heavy atom. The van der Waals surface area contributed by atoms with Crippen molar-refractivity contribution in [1.29, 1.82) is 0 Å². The van der Waals surface area contributed by atoms with Crippen molar-refractivity contribution in [3.63, 3.8) is 0 Å². The molecule has 0 bridgehead atoms. The first-order valence-electron chi connectivity index (χ1n) is 7.69. The average Bonchev–Trinajstić information content (AvgIpc) is 3.08. The Bertz CT molecular complexity index is 774. The van der Waals surface area contributed by atoms with Gasteiger partial charge in [-0.15, -0.1) is 5.10 Å². The fourth-order valence-corrected chi connectivity index (χ4v) is 2.08. The summed E-state index contributed by atoms with van der Waals surface area (Å²) >= 11 is 0. The van der Waals surface area contributed by atoms with Gasteiger partial charge in [0.25, 0.3) is 0 Å². The van der Waals surface area contributed by atoms with E-state index in [1.54, 1.807) is 12.5 Å². The molecule has 124 valence electrons. The predicted molar refractivity (Wildman–Crippen MR) is 91.4 cm³/mol. The molecule has 0 aliphatic heterocycles. The lowest BCUT2D eigenvalue weighted by Crippen LogP contribution is -2.09. The summed E-state index contributed by atoms with van der Waals surface area (Å²) in [6.07, 6.45) is 3.27. The summed E-state index contributed by atoms with van der Waals surface area (Å²) in [5, 5.41) is 14.3. The van der Waals surface area contributed by atoms with Gasteiger partial charge in [0.15, 0.2) is 5.82 Å². The van der Waals surface area contributed by atoms with Crippen molar-refractivity contribution in [2.75, 3.05) is 10.6 Å². The summed E-state index contributed by atoms with van der Waals surface area (Å²) in [4.78, 5) is 4.39. The number of hydrogen-bond donors (Lipinski definition) is 2. The first-order valence-corrected chi connectivity index (χ1v) is 7.69. The van der Waals surface area contributed by atoms with Gasteiger partial charge in [-0.05, 0) is 38.1 Å². The molecule has 0 amide bonds. The van der Waals surface area contributed by atoms with Crippen LogP contribution in [0, 0.1) is 0 Å². The third kappa shape index (κ3) is 4.22. The van der Waals surface area contributed by atoms with E-state index in [9.17, 15) is 0 Å². The molecule has 3 aromatic rings. The van der Waals surface area contributed by atoms with E-state index >= 15 is 0 Å². The van der Waals surface area contributed by atoms with Crippen LogP contribution >= 0.6 is 0 Å². The highest BCUT2D eigenvalue weighted by atomic mass is 16.5. The van der Waals surface area contributed by atoms with E-state index in [1.165, 1.54) is 0 Å². The summed E-state index contributed by atoms with van der Waals surface area (Å²) in [6.45, 7) is 4.49. The molecule has 0 unspecified atom stereocenters. The van der Waals surface area contributed by atoms with Gasteiger partial charge in [-0.3, -0.25) is 0 Å². The lowest BCUT2D eigenvalue weighted by molar-refractivity contribution is 0.244. The Labute approximate surface area is 140 Å². The molecule has 0 spiro atoms. The van der Waals surface area contributed by atoms with Crippen molar-refractivity contribution >= 4 is 17.5 Å². The van der Waals surface area contributed by atoms with E-state index in [-0.39, 0.29) is 6.10 Å². The number of nitrogens with zero attached hydrogens (tertiary/aromatic N) is 3. The quantitative estimate of drug-likeness (QED) is 0.686. The first kappa shape index (κ1) is 15.8. The molecule has 0 saturated carbocycles. The van der Waals surface area contributed by atoms with Gasteiger partial charge in [0.2, 0.25) is 5.95 Å². The lowest BCUT2D eigenvalue weighted by atomic mass is 10.3. The number of nitrogens with one attached hydrogen (secondary N) is 2. The fraction of sp³-hybridized carbons (Fsp3) is 0.235. The highest BCUT2D eigenvalue weighted by Crippen LogP contribution is 2.27. The molecule has 0 aliphatic rings. The van der Waals surface area contributed by atoms with Crippen LogP contribution in [-0.2, 0) is 6.54 Å². The molecule has 3 rings (SSSR count). The molecule has 7 heteroatoms. The SMILES string of the molecule is CC(C)Oc1ccccc1Nc1nncc(NCc2ccco2)n1. The van der Waals surface area contributed by atoms with Crippen LogP contribution in [0.5, 0.6) is 5.75 Å². The predicted octanol–water partition coefficient (Wildman–Crippen LogP) is 3.61. The van der Waals surface area contributed by atoms with Gasteiger partial charge >= 0.3 is 0 Å². The Morgan fingerprint density at radius 3 is 2.83 bits per heavy atom. The Balaban J connectivity index is 1.70. The molecule has 0 fully saturated rings. The lowest BCUT2D eigenvalue weighted by Gasteiger charge is -2.14. The van der Waals surface area contributed by atoms with Crippen LogP contribution in [0.4, 0.5) is 17.5 Å². The maximum Gasteiger partial charge on any atom is 0.249 e. The van der Waals surface area contributed by atoms with E-state index in [0.29, 0.717) is 18.3 Å². The van der Waals surface area contributed by atoms with Gasteiger partial charge in [0, 0.05) is 0 Å². The van der Waals surface area contributed by atoms with Crippen molar-refractivity contribution in [2.24, 2.45) is 0 Å². The number of ether oxygens (including phenoxy) is 1. The summed E-state index contributed by atoms with van der Waals surface area (Å²) in [7, 11) is 0. The molecule has 0 aliphatic carbocycles. The number of aromatic nitrogens is 3. The fourth-order valence-electron chi connectivity index (χ4n) is 2.08.